The molecule has 1 atom stereocenters. The Morgan fingerprint density at radius 1 is 1.09 bits per heavy atom. The van der Waals surface area contributed by atoms with Crippen LogP contribution >= 0.6 is 0 Å². The summed E-state index contributed by atoms with van der Waals surface area (Å²) in [6.45, 7) is 8.55. The molecule has 1 saturated heterocycles. The molecule has 0 saturated carbocycles. The van der Waals surface area contributed by atoms with Crippen molar-refractivity contribution in [2.75, 3.05) is 37.6 Å². The number of aryl methyl sites for hydroxylation is 2. The molecule has 0 radical (unpaired) electrons. The van der Waals surface area contributed by atoms with E-state index in [1.807, 2.05) is 6.07 Å². The van der Waals surface area contributed by atoms with Crippen molar-refractivity contribution in [3.05, 3.63) is 53.5 Å². The molecule has 5 nitrogen and oxygen atoms in total. The van der Waals surface area contributed by atoms with Crippen LogP contribution in [0.5, 0.6) is 0 Å². The van der Waals surface area contributed by atoms with Gasteiger partial charge in [-0.15, -0.1) is 0 Å². The van der Waals surface area contributed by atoms with Gasteiger partial charge in [0.15, 0.2) is 0 Å². The van der Waals surface area contributed by atoms with E-state index in [-0.39, 0.29) is 0 Å². The Morgan fingerprint density at radius 2 is 1.87 bits per heavy atom. The van der Waals surface area contributed by atoms with E-state index in [1.165, 1.54) is 11.1 Å². The molecule has 1 fully saturated rings. The van der Waals surface area contributed by atoms with E-state index < -0.39 is 6.10 Å². The van der Waals surface area contributed by atoms with Gasteiger partial charge in [-0.1, -0.05) is 18.2 Å². The van der Waals surface area contributed by atoms with Crippen LogP contribution in [0.1, 0.15) is 22.8 Å². The predicted octanol–water partition coefficient (Wildman–Crippen LogP) is 1.95. The zero-order valence-corrected chi connectivity index (χ0v) is 13.8. The Kier molecular flexibility index (Phi) is 4.88. The lowest BCUT2D eigenvalue weighted by Crippen LogP contribution is -2.47. The van der Waals surface area contributed by atoms with Gasteiger partial charge in [0.2, 0.25) is 0 Å². The quantitative estimate of drug-likeness (QED) is 0.935. The lowest BCUT2D eigenvalue weighted by molar-refractivity contribution is 0.109. The van der Waals surface area contributed by atoms with Gasteiger partial charge in [-0.3, -0.25) is 9.88 Å². The molecule has 23 heavy (non-hydrogen) atoms. The number of nitrogens with zero attached hydrogens (tertiary/aromatic N) is 4. The molecule has 1 aliphatic rings. The molecular formula is C18H24N4O. The van der Waals surface area contributed by atoms with Crippen molar-refractivity contribution < 1.29 is 5.11 Å². The lowest BCUT2D eigenvalue weighted by Gasteiger charge is -2.36. The Hall–Kier alpha value is -1.98. The Bertz CT molecular complexity index is 639. The minimum Gasteiger partial charge on any atom is -0.387 e. The zero-order valence-electron chi connectivity index (χ0n) is 13.8. The second-order valence-corrected chi connectivity index (χ2v) is 6.21. The van der Waals surface area contributed by atoms with Gasteiger partial charge in [0, 0.05) is 45.1 Å². The van der Waals surface area contributed by atoms with Crippen LogP contribution in [0, 0.1) is 13.8 Å². The molecule has 2 heterocycles. The van der Waals surface area contributed by atoms with E-state index in [2.05, 4.69) is 45.7 Å². The number of aromatic nitrogens is 2. The summed E-state index contributed by atoms with van der Waals surface area (Å²) in [5, 5.41) is 10.5. The first-order valence-corrected chi connectivity index (χ1v) is 8.12. The van der Waals surface area contributed by atoms with E-state index in [9.17, 15) is 5.11 Å². The summed E-state index contributed by atoms with van der Waals surface area (Å²) in [6.07, 6.45) is 4.79. The Balaban J connectivity index is 1.55. The fraction of sp³-hybridized carbons (Fsp3) is 0.444. The van der Waals surface area contributed by atoms with E-state index in [0.717, 1.165) is 37.6 Å². The molecule has 1 N–H and O–H groups in total. The highest BCUT2D eigenvalue weighted by Crippen LogP contribution is 2.19. The average Bonchev–Trinajstić information content (AvgIpc) is 2.59. The van der Waals surface area contributed by atoms with Gasteiger partial charge >= 0.3 is 0 Å². The van der Waals surface area contributed by atoms with E-state index in [4.69, 9.17) is 0 Å². The van der Waals surface area contributed by atoms with Crippen LogP contribution in [0.4, 0.5) is 5.82 Å². The molecule has 0 bridgehead atoms. The van der Waals surface area contributed by atoms with Crippen LogP contribution in [0.15, 0.2) is 36.8 Å². The van der Waals surface area contributed by atoms with Crippen LogP contribution in [0.25, 0.3) is 0 Å². The van der Waals surface area contributed by atoms with Crippen molar-refractivity contribution >= 4 is 5.82 Å². The van der Waals surface area contributed by atoms with Gasteiger partial charge in [-0.05, 0) is 30.5 Å². The fourth-order valence-electron chi connectivity index (χ4n) is 2.94. The minimum atomic E-state index is -0.433. The molecule has 0 aliphatic carbocycles. The van der Waals surface area contributed by atoms with E-state index in [0.29, 0.717) is 6.54 Å². The molecular weight excluding hydrogens is 288 g/mol. The lowest BCUT2D eigenvalue weighted by atomic mass is 10.0. The van der Waals surface area contributed by atoms with Gasteiger partial charge in [0.05, 0.1) is 12.3 Å². The second-order valence-electron chi connectivity index (χ2n) is 6.21. The third-order valence-electron chi connectivity index (χ3n) is 4.59. The molecule has 0 amide bonds. The molecule has 0 unspecified atom stereocenters. The van der Waals surface area contributed by atoms with E-state index >= 15 is 0 Å². The van der Waals surface area contributed by atoms with Crippen molar-refractivity contribution in [1.82, 2.24) is 14.9 Å². The molecule has 3 rings (SSSR count). The number of benzene rings is 1. The standard InChI is InChI=1S/C18H24N4O/c1-14-3-4-16(11-15(14)2)17(23)13-21-7-9-22(10-8-21)18-12-19-5-6-20-18/h3-6,11-12,17,23H,7-10,13H2,1-2H3/t17-/m0/s1. The van der Waals surface area contributed by atoms with Crippen molar-refractivity contribution in [2.24, 2.45) is 0 Å². The normalized spacial score (nSPS) is 17.3. The summed E-state index contributed by atoms with van der Waals surface area (Å²) < 4.78 is 0. The number of rotatable bonds is 4. The molecule has 122 valence electrons. The summed E-state index contributed by atoms with van der Waals surface area (Å²) in [7, 11) is 0. The van der Waals surface area contributed by atoms with Crippen molar-refractivity contribution in [1.29, 1.82) is 0 Å². The first kappa shape index (κ1) is 15.9. The number of hydrogen-bond donors (Lipinski definition) is 1. The highest BCUT2D eigenvalue weighted by molar-refractivity contribution is 5.35. The largest absolute Gasteiger partial charge is 0.387 e. The minimum absolute atomic E-state index is 0.433. The van der Waals surface area contributed by atoms with E-state index in [1.54, 1.807) is 18.6 Å². The van der Waals surface area contributed by atoms with Crippen LogP contribution in [0.3, 0.4) is 0 Å². The number of aliphatic hydroxyl groups excluding tert-OH is 1. The fourth-order valence-corrected chi connectivity index (χ4v) is 2.94. The third-order valence-corrected chi connectivity index (χ3v) is 4.59. The number of anilines is 1. The maximum Gasteiger partial charge on any atom is 0.147 e. The van der Waals surface area contributed by atoms with Crippen molar-refractivity contribution in [3.8, 4) is 0 Å². The highest BCUT2D eigenvalue weighted by atomic mass is 16.3. The topological polar surface area (TPSA) is 52.5 Å². The van der Waals surface area contributed by atoms with Crippen LogP contribution in [-0.4, -0.2) is 52.7 Å². The Morgan fingerprint density at radius 3 is 2.52 bits per heavy atom. The van der Waals surface area contributed by atoms with Crippen molar-refractivity contribution in [3.63, 3.8) is 0 Å². The third kappa shape index (κ3) is 3.86. The van der Waals surface area contributed by atoms with Crippen LogP contribution in [0.2, 0.25) is 0 Å². The smallest absolute Gasteiger partial charge is 0.147 e. The molecule has 5 heteroatoms. The molecule has 1 aromatic carbocycles. The van der Waals surface area contributed by atoms with Crippen LogP contribution in [-0.2, 0) is 0 Å². The monoisotopic (exact) mass is 312 g/mol. The first-order valence-electron chi connectivity index (χ1n) is 8.12. The summed E-state index contributed by atoms with van der Waals surface area (Å²) >= 11 is 0. The molecule has 1 aromatic heterocycles. The number of aliphatic hydroxyl groups is 1. The second kappa shape index (κ2) is 7.06. The average molecular weight is 312 g/mol. The Labute approximate surface area is 137 Å². The van der Waals surface area contributed by atoms with Gasteiger partial charge in [-0.2, -0.15) is 0 Å². The maximum atomic E-state index is 10.5. The summed E-state index contributed by atoms with van der Waals surface area (Å²) in [5.74, 6) is 0.932. The van der Waals surface area contributed by atoms with Gasteiger partial charge in [0.1, 0.15) is 5.82 Å². The molecule has 0 spiro atoms. The first-order chi connectivity index (χ1) is 11.1. The molecule has 1 aliphatic heterocycles. The predicted molar refractivity (Wildman–Crippen MR) is 91.6 cm³/mol. The zero-order chi connectivity index (χ0) is 16.2. The van der Waals surface area contributed by atoms with Gasteiger partial charge < -0.3 is 10.0 Å². The number of hydrogen-bond acceptors (Lipinski definition) is 5. The van der Waals surface area contributed by atoms with Crippen LogP contribution < -0.4 is 4.90 Å². The maximum absolute atomic E-state index is 10.5. The SMILES string of the molecule is Cc1ccc([C@@H](O)CN2CCN(c3cnccn3)CC2)cc1C. The summed E-state index contributed by atoms with van der Waals surface area (Å²) in [6, 6.07) is 6.21. The van der Waals surface area contributed by atoms with Crippen molar-refractivity contribution in [2.45, 2.75) is 20.0 Å². The number of piperazine rings is 1. The van der Waals surface area contributed by atoms with Gasteiger partial charge in [0.25, 0.3) is 0 Å². The summed E-state index contributed by atoms with van der Waals surface area (Å²) in [4.78, 5) is 13.0. The highest BCUT2D eigenvalue weighted by Gasteiger charge is 2.20. The van der Waals surface area contributed by atoms with Gasteiger partial charge in [-0.25, -0.2) is 4.98 Å². The molecule has 2 aromatic rings. The summed E-state index contributed by atoms with van der Waals surface area (Å²) in [5.41, 5.74) is 3.50. The number of β-amino-alcohol motifs (C(OH)–C–C–N with tert-alkyl or cyclic N) is 1.